The average Bonchev–Trinajstić information content (AvgIpc) is 3.70. The van der Waals surface area contributed by atoms with Gasteiger partial charge in [0.2, 0.25) is 0 Å². The number of nitrogens with zero attached hydrogens (tertiary/aromatic N) is 6. The Kier molecular flexibility index (Phi) is 9.81. The van der Waals surface area contributed by atoms with E-state index in [-0.39, 0.29) is 39.9 Å². The van der Waals surface area contributed by atoms with Gasteiger partial charge < -0.3 is 44.7 Å². The van der Waals surface area contributed by atoms with Crippen LogP contribution < -0.4 is 26.2 Å². The minimum absolute atomic E-state index is 0.0672. The van der Waals surface area contributed by atoms with E-state index in [1.807, 2.05) is 0 Å². The van der Waals surface area contributed by atoms with Gasteiger partial charge in [-0.2, -0.15) is 4.98 Å². The Balaban J connectivity index is 1.07. The highest BCUT2D eigenvalue weighted by molar-refractivity contribution is 7.32. The summed E-state index contributed by atoms with van der Waals surface area (Å²) in [4.78, 5) is 47.9. The third-order valence-electron chi connectivity index (χ3n) is 9.96. The minimum atomic E-state index is -3.59. The second-order valence-corrected chi connectivity index (χ2v) is 14.0. The van der Waals surface area contributed by atoms with Gasteiger partial charge in [-0.15, -0.1) is 0 Å². The number of hydrogen-bond donors (Lipinski definition) is 4. The van der Waals surface area contributed by atoms with Gasteiger partial charge in [0.25, 0.3) is 0 Å². The van der Waals surface area contributed by atoms with E-state index in [4.69, 9.17) is 24.5 Å². The highest BCUT2D eigenvalue weighted by atomic mass is 31.1. The van der Waals surface area contributed by atoms with Crippen molar-refractivity contribution >= 4 is 42.2 Å². The molecule has 2 unspecified atom stereocenters. The van der Waals surface area contributed by atoms with Crippen molar-refractivity contribution in [3.8, 4) is 11.5 Å². The van der Waals surface area contributed by atoms with Crippen molar-refractivity contribution in [3.63, 3.8) is 0 Å². The van der Waals surface area contributed by atoms with Crippen molar-refractivity contribution in [2.45, 2.75) is 43.8 Å². The molecule has 2 aliphatic heterocycles. The highest BCUT2D eigenvalue weighted by Gasteiger charge is 2.54. The number of aromatic nitrogens is 4. The van der Waals surface area contributed by atoms with Crippen LogP contribution >= 0.6 is 8.25 Å². The number of nitrogens with two attached hydrogens (primary N) is 1. The van der Waals surface area contributed by atoms with Crippen molar-refractivity contribution < 1.29 is 42.6 Å². The first-order valence-corrected chi connectivity index (χ1v) is 17.7. The zero-order valence-corrected chi connectivity index (χ0v) is 28.8. The van der Waals surface area contributed by atoms with E-state index in [2.05, 4.69) is 32.2 Å². The Morgan fingerprint density at radius 1 is 1.17 bits per heavy atom. The summed E-state index contributed by atoms with van der Waals surface area (Å²) in [7, 11) is -1.49. The lowest BCUT2D eigenvalue weighted by atomic mass is 9.91. The van der Waals surface area contributed by atoms with Gasteiger partial charge in [-0.1, -0.05) is 0 Å². The normalized spacial score (nSPS) is 24.5. The lowest BCUT2D eigenvalue weighted by Crippen LogP contribution is -2.37. The fourth-order valence-corrected chi connectivity index (χ4v) is 7.45. The lowest BCUT2D eigenvalue weighted by Gasteiger charge is -2.30. The van der Waals surface area contributed by atoms with Gasteiger partial charge in [0.15, 0.2) is 23.5 Å². The molecule has 276 valence electrons. The van der Waals surface area contributed by atoms with E-state index >= 15 is 0 Å². The largest absolute Gasteiger partial charge is 0.488 e. The molecule has 2 aromatic carbocycles. The van der Waals surface area contributed by atoms with Crippen LogP contribution in [0.15, 0.2) is 53.7 Å². The summed E-state index contributed by atoms with van der Waals surface area (Å²) < 4.78 is 50.0. The second-order valence-electron chi connectivity index (χ2n) is 13.2. The summed E-state index contributed by atoms with van der Waals surface area (Å²) in [5.41, 5.74) is 5.36. The number of benzene rings is 2. The number of nitro benzene ring substituents is 1. The fourth-order valence-electron chi connectivity index (χ4n) is 6.93. The number of piperidine rings is 1. The second kappa shape index (κ2) is 14.3. The van der Waals surface area contributed by atoms with Crippen LogP contribution in [-0.2, 0) is 13.8 Å². The number of fused-ring (bicyclic) bond motifs is 1. The molecule has 3 aliphatic rings. The number of likely N-dealkylation sites (tertiary alicyclic amines) is 1. The molecule has 1 spiro atoms. The number of anilines is 3. The Bertz CT molecular complexity index is 2080. The molecule has 6 atom stereocenters. The molecule has 52 heavy (non-hydrogen) atoms. The quantitative estimate of drug-likeness (QED) is 0.0927. The van der Waals surface area contributed by atoms with E-state index < -0.39 is 55.8 Å². The Morgan fingerprint density at radius 2 is 1.94 bits per heavy atom. The minimum Gasteiger partial charge on any atom is -0.488 e. The molecule has 18 nitrogen and oxygen atoms in total. The van der Waals surface area contributed by atoms with Gasteiger partial charge in [0.1, 0.15) is 42.9 Å². The molecule has 7 rings (SSSR count). The molecule has 0 bridgehead atoms. The molecule has 3 fully saturated rings. The maximum Gasteiger partial charge on any atom is 0.351 e. The van der Waals surface area contributed by atoms with Gasteiger partial charge in [-0.05, 0) is 68.9 Å². The number of hydrogen-bond acceptors (Lipinski definition) is 15. The number of rotatable bonds is 12. The number of ether oxygens (including phenoxy) is 3. The molecule has 20 heteroatoms. The third-order valence-corrected chi connectivity index (χ3v) is 10.4. The summed E-state index contributed by atoms with van der Waals surface area (Å²) in [6.07, 6.45) is 0.0496. The summed E-state index contributed by atoms with van der Waals surface area (Å²) in [6.45, 7) is 1.95. The number of nitrogens with one attached hydrogen (secondary N) is 1. The molecular weight excluding hydrogens is 706 g/mol. The van der Waals surface area contributed by atoms with Crippen LogP contribution in [0.4, 0.5) is 27.4 Å². The first-order chi connectivity index (χ1) is 24.9. The van der Waals surface area contributed by atoms with Gasteiger partial charge in [-0.3, -0.25) is 19.2 Å². The number of nitro groups is 1. The summed E-state index contributed by atoms with van der Waals surface area (Å²) in [5, 5.41) is 26.3. The van der Waals surface area contributed by atoms with Crippen molar-refractivity contribution in [1.82, 2.24) is 24.4 Å². The van der Waals surface area contributed by atoms with E-state index in [0.29, 0.717) is 23.4 Å². The van der Waals surface area contributed by atoms with Crippen LogP contribution in [0.5, 0.6) is 11.5 Å². The average molecular weight is 743 g/mol. The van der Waals surface area contributed by atoms with Crippen molar-refractivity contribution in [3.05, 3.63) is 75.3 Å². The number of halogens is 1. The van der Waals surface area contributed by atoms with Crippen molar-refractivity contribution in [2.24, 2.45) is 11.3 Å². The highest BCUT2D eigenvalue weighted by Crippen LogP contribution is 2.59. The molecule has 4 heterocycles. The monoisotopic (exact) mass is 742 g/mol. The first-order valence-electron chi connectivity index (χ1n) is 16.4. The number of nitrogen functional groups attached to an aromatic ring is 1. The van der Waals surface area contributed by atoms with Crippen LogP contribution in [-0.4, -0.2) is 91.0 Å². The van der Waals surface area contributed by atoms with Crippen molar-refractivity contribution in [1.29, 1.82) is 0 Å². The molecule has 0 amide bonds. The van der Waals surface area contributed by atoms with Crippen LogP contribution in [0.1, 0.15) is 25.5 Å². The van der Waals surface area contributed by atoms with Gasteiger partial charge in [-0.25, -0.2) is 19.2 Å². The van der Waals surface area contributed by atoms with Gasteiger partial charge >= 0.3 is 19.6 Å². The maximum atomic E-state index is 15.0. The van der Waals surface area contributed by atoms with Crippen LogP contribution in [0, 0.1) is 27.3 Å². The Morgan fingerprint density at radius 3 is 2.67 bits per heavy atom. The first kappa shape index (κ1) is 35.6. The van der Waals surface area contributed by atoms with E-state index in [1.165, 1.54) is 42.9 Å². The van der Waals surface area contributed by atoms with E-state index in [9.17, 15) is 33.9 Å². The summed E-state index contributed by atoms with van der Waals surface area (Å²) in [5.74, 6) is -0.487. The molecule has 4 aromatic rings. The smallest absolute Gasteiger partial charge is 0.351 e. The van der Waals surface area contributed by atoms with Gasteiger partial charge in [0.05, 0.1) is 22.4 Å². The predicted octanol–water partition coefficient (Wildman–Crippen LogP) is 2.77. The van der Waals surface area contributed by atoms with Crippen molar-refractivity contribution in [2.75, 3.05) is 44.4 Å². The third kappa shape index (κ3) is 7.28. The SMILES string of the molecule is CN1CCC2(CC1)CC2COc1cc2ncnc(Nc3ccc(F)c(OC[C@H]4O[C@@H](n5ccc(N)nc5=O)[C@H](O)[C@@H]4O[PH](=O)O)c3)c2cc1[N+](=O)[O-]. The Hall–Kier alpha value is -4.78. The van der Waals surface area contributed by atoms with E-state index in [0.717, 1.165) is 43.0 Å². The van der Waals surface area contributed by atoms with Crippen LogP contribution in [0.25, 0.3) is 10.9 Å². The van der Waals surface area contributed by atoms with Crippen LogP contribution in [0.2, 0.25) is 0 Å². The van der Waals surface area contributed by atoms with Gasteiger partial charge in [0, 0.05) is 30.1 Å². The number of aliphatic hydroxyl groups is 1. The number of aliphatic hydroxyl groups excluding tert-OH is 1. The predicted molar refractivity (Wildman–Crippen MR) is 183 cm³/mol. The van der Waals surface area contributed by atoms with Crippen LogP contribution in [0.3, 0.4) is 0 Å². The maximum absolute atomic E-state index is 15.0. The zero-order chi connectivity index (χ0) is 36.7. The molecule has 0 radical (unpaired) electrons. The fraction of sp³-hybridized carbons (Fsp3) is 0.438. The molecular formula is C32H36FN8O10P. The molecule has 2 saturated heterocycles. The molecule has 1 aliphatic carbocycles. The summed E-state index contributed by atoms with van der Waals surface area (Å²) >= 11 is 0. The lowest BCUT2D eigenvalue weighted by molar-refractivity contribution is -0.385. The molecule has 1 saturated carbocycles. The Labute approximate surface area is 295 Å². The molecule has 5 N–H and O–H groups in total. The van der Waals surface area contributed by atoms with E-state index in [1.54, 1.807) is 0 Å². The summed E-state index contributed by atoms with van der Waals surface area (Å²) in [6, 6.07) is 7.95. The zero-order valence-electron chi connectivity index (χ0n) is 27.8. The molecule has 2 aromatic heterocycles. The topological polar surface area (TPSA) is 240 Å². The standard InChI is InChI=1S/C32H36FN8O10P/c1-39-8-5-32(6-9-39)13-17(32)14-48-24-12-21-19(11-22(24)41(44)45)29(36-16-35-21)37-18-2-3-20(33)23(10-18)49-15-25-28(51-52(46)47)27(42)30(50-25)40-7-4-26(34)38-31(40)43/h2-4,7,10-12,16-17,25,27-28,30,42,52H,5-6,8-9,13-15H2,1H3,(H,46,47)(H2,34,38,43)(H,35,36,37)/t17?,25-,27-,28-,30-/m1/s1.